The smallest absolute Gasteiger partial charge is 0.335 e. The largest absolute Gasteiger partial charge is 0.478 e. The summed E-state index contributed by atoms with van der Waals surface area (Å²) in [5.41, 5.74) is 1.63. The van der Waals surface area contributed by atoms with Crippen LogP contribution >= 0.6 is 0 Å². The molecule has 0 unspecified atom stereocenters. The van der Waals surface area contributed by atoms with Gasteiger partial charge in [-0.25, -0.2) is 9.59 Å². The van der Waals surface area contributed by atoms with E-state index in [4.69, 9.17) is 5.11 Å². The third-order valence-corrected chi connectivity index (χ3v) is 2.79. The highest BCUT2D eigenvalue weighted by molar-refractivity contribution is 5.87. The summed E-state index contributed by atoms with van der Waals surface area (Å²) in [5.74, 6) is -1.02. The third-order valence-electron chi connectivity index (χ3n) is 2.79. The third kappa shape index (κ3) is 4.61. The lowest BCUT2D eigenvalue weighted by Crippen LogP contribution is -2.34. The Hall–Kier alpha value is -2.89. The minimum Gasteiger partial charge on any atom is -0.478 e. The number of carbonyl (C=O) groups is 2. The summed E-state index contributed by atoms with van der Waals surface area (Å²) >= 11 is 0. The summed E-state index contributed by atoms with van der Waals surface area (Å²) in [6, 6.07) is 12.0. The van der Waals surface area contributed by atoms with Gasteiger partial charge in [-0.2, -0.15) is 0 Å². The topological polar surface area (TPSA) is 91.3 Å². The quantitative estimate of drug-likeness (QED) is 0.781. The Kier molecular flexibility index (Phi) is 4.87. The van der Waals surface area contributed by atoms with Gasteiger partial charge in [0.25, 0.3) is 0 Å². The van der Waals surface area contributed by atoms with Crippen molar-refractivity contribution in [2.24, 2.45) is 0 Å². The fourth-order valence-electron chi connectivity index (χ4n) is 1.72. The number of aromatic nitrogens is 1. The number of pyridine rings is 1. The first-order chi connectivity index (χ1) is 10.1. The number of amides is 2. The Balaban J connectivity index is 1.81. The van der Waals surface area contributed by atoms with Crippen LogP contribution in [0.5, 0.6) is 0 Å². The molecular weight excluding hydrogens is 270 g/mol. The maximum Gasteiger partial charge on any atom is 0.335 e. The first kappa shape index (κ1) is 14.5. The van der Waals surface area contributed by atoms with Crippen molar-refractivity contribution in [2.75, 3.05) is 0 Å². The van der Waals surface area contributed by atoms with Crippen molar-refractivity contribution in [1.82, 2.24) is 15.6 Å². The zero-order valence-electron chi connectivity index (χ0n) is 11.2. The van der Waals surface area contributed by atoms with E-state index >= 15 is 0 Å². The number of carbonyl (C=O) groups excluding carboxylic acids is 1. The highest BCUT2D eigenvalue weighted by Crippen LogP contribution is 2.01. The Morgan fingerprint density at radius 2 is 1.76 bits per heavy atom. The van der Waals surface area contributed by atoms with Crippen molar-refractivity contribution >= 4 is 12.0 Å². The zero-order chi connectivity index (χ0) is 15.1. The van der Waals surface area contributed by atoms with Gasteiger partial charge in [0.2, 0.25) is 0 Å². The summed E-state index contributed by atoms with van der Waals surface area (Å²) in [6.07, 6.45) is 1.41. The number of carboxylic acid groups (broad SMARTS) is 1. The molecular formula is C15H15N3O3. The summed E-state index contributed by atoms with van der Waals surface area (Å²) in [7, 11) is 0. The second kappa shape index (κ2) is 7.04. The first-order valence-corrected chi connectivity index (χ1v) is 6.39. The number of benzene rings is 1. The van der Waals surface area contributed by atoms with Gasteiger partial charge < -0.3 is 15.7 Å². The molecule has 0 aliphatic heterocycles. The number of rotatable bonds is 5. The highest BCUT2D eigenvalue weighted by Gasteiger charge is 2.05. The van der Waals surface area contributed by atoms with E-state index < -0.39 is 5.97 Å². The summed E-state index contributed by atoms with van der Waals surface area (Å²) < 4.78 is 0. The summed E-state index contributed by atoms with van der Waals surface area (Å²) in [6.45, 7) is 0.594. The molecule has 2 rings (SSSR count). The minimum absolute atomic E-state index is 0.145. The molecule has 0 aliphatic carbocycles. The van der Waals surface area contributed by atoms with Gasteiger partial charge in [0.1, 0.15) is 0 Å². The van der Waals surface area contributed by atoms with Crippen LogP contribution in [-0.4, -0.2) is 22.1 Å². The van der Waals surface area contributed by atoms with Gasteiger partial charge in [-0.05, 0) is 17.7 Å². The number of carboxylic acids is 1. The van der Waals surface area contributed by atoms with Crippen LogP contribution < -0.4 is 10.6 Å². The molecule has 6 nitrogen and oxygen atoms in total. The number of nitrogens with one attached hydrogen (secondary N) is 2. The van der Waals surface area contributed by atoms with Gasteiger partial charge in [0, 0.05) is 12.7 Å². The van der Waals surface area contributed by atoms with Crippen LogP contribution in [0.4, 0.5) is 4.79 Å². The lowest BCUT2D eigenvalue weighted by atomic mass is 10.2. The molecule has 0 saturated carbocycles. The number of aromatic carboxylic acids is 1. The molecule has 108 valence electrons. The van der Waals surface area contributed by atoms with E-state index in [-0.39, 0.29) is 18.1 Å². The Bertz CT molecular complexity index is 629. The molecule has 0 bridgehead atoms. The van der Waals surface area contributed by atoms with Gasteiger partial charge in [-0.3, -0.25) is 4.98 Å². The standard InChI is InChI=1S/C15H15N3O3/c19-14(20)12-6-7-16-13(8-12)10-18-15(21)17-9-11-4-2-1-3-5-11/h1-8H,9-10H2,(H,19,20)(H2,17,18,21). The average Bonchev–Trinajstić information content (AvgIpc) is 2.52. The van der Waals surface area contributed by atoms with Crippen molar-refractivity contribution in [3.05, 3.63) is 65.5 Å². The van der Waals surface area contributed by atoms with Crippen molar-refractivity contribution in [2.45, 2.75) is 13.1 Å². The van der Waals surface area contributed by atoms with Crippen LogP contribution in [0.3, 0.4) is 0 Å². The molecule has 2 amide bonds. The first-order valence-electron chi connectivity index (χ1n) is 6.39. The Morgan fingerprint density at radius 3 is 2.48 bits per heavy atom. The van der Waals surface area contributed by atoms with Gasteiger partial charge in [0.05, 0.1) is 17.8 Å². The molecule has 3 N–H and O–H groups in total. The van der Waals surface area contributed by atoms with Gasteiger partial charge >= 0.3 is 12.0 Å². The van der Waals surface area contributed by atoms with Gasteiger partial charge in [-0.15, -0.1) is 0 Å². The fourth-order valence-corrected chi connectivity index (χ4v) is 1.72. The van der Waals surface area contributed by atoms with Crippen LogP contribution in [0.25, 0.3) is 0 Å². The van der Waals surface area contributed by atoms with Crippen LogP contribution in [-0.2, 0) is 13.1 Å². The zero-order valence-corrected chi connectivity index (χ0v) is 11.2. The Labute approximate surface area is 121 Å². The van der Waals surface area contributed by atoms with E-state index in [1.165, 1.54) is 18.3 Å². The Morgan fingerprint density at radius 1 is 1.05 bits per heavy atom. The number of urea groups is 1. The predicted octanol–water partition coefficient (Wildman–Crippen LogP) is 1.78. The SMILES string of the molecule is O=C(NCc1ccccc1)NCc1cc(C(=O)O)ccn1. The second-order valence-corrected chi connectivity index (χ2v) is 4.36. The molecule has 0 saturated heterocycles. The van der Waals surface area contributed by atoms with E-state index in [1.54, 1.807) is 0 Å². The molecule has 0 fully saturated rings. The van der Waals surface area contributed by atoms with E-state index in [0.717, 1.165) is 5.56 Å². The maximum atomic E-state index is 11.6. The fraction of sp³-hybridized carbons (Fsp3) is 0.133. The number of hydrogen-bond donors (Lipinski definition) is 3. The van der Waals surface area contributed by atoms with Crippen LogP contribution in [0, 0.1) is 0 Å². The molecule has 0 spiro atoms. The molecule has 0 radical (unpaired) electrons. The molecule has 1 heterocycles. The van der Waals surface area contributed by atoms with Crippen molar-refractivity contribution < 1.29 is 14.7 Å². The molecule has 0 atom stereocenters. The second-order valence-electron chi connectivity index (χ2n) is 4.36. The lowest BCUT2D eigenvalue weighted by Gasteiger charge is -2.07. The lowest BCUT2D eigenvalue weighted by molar-refractivity contribution is 0.0696. The van der Waals surface area contributed by atoms with Crippen LogP contribution in [0.15, 0.2) is 48.7 Å². The summed E-state index contributed by atoms with van der Waals surface area (Å²) in [5, 5.41) is 14.2. The maximum absolute atomic E-state index is 11.6. The van der Waals surface area contributed by atoms with Crippen molar-refractivity contribution in [1.29, 1.82) is 0 Å². The molecule has 1 aromatic heterocycles. The van der Waals surface area contributed by atoms with Gasteiger partial charge in [0.15, 0.2) is 0 Å². The molecule has 0 aliphatic rings. The normalized spacial score (nSPS) is 9.90. The summed E-state index contributed by atoms with van der Waals surface area (Å²) in [4.78, 5) is 26.5. The average molecular weight is 285 g/mol. The van der Waals surface area contributed by atoms with E-state index in [1.807, 2.05) is 30.3 Å². The van der Waals surface area contributed by atoms with E-state index in [0.29, 0.717) is 12.2 Å². The van der Waals surface area contributed by atoms with Crippen molar-refractivity contribution in [3.63, 3.8) is 0 Å². The van der Waals surface area contributed by atoms with Crippen LogP contribution in [0.1, 0.15) is 21.6 Å². The van der Waals surface area contributed by atoms with E-state index in [2.05, 4.69) is 15.6 Å². The minimum atomic E-state index is -1.02. The van der Waals surface area contributed by atoms with Crippen LogP contribution in [0.2, 0.25) is 0 Å². The molecule has 1 aromatic carbocycles. The van der Waals surface area contributed by atoms with Gasteiger partial charge in [-0.1, -0.05) is 30.3 Å². The van der Waals surface area contributed by atoms with Crippen molar-refractivity contribution in [3.8, 4) is 0 Å². The van der Waals surface area contributed by atoms with E-state index in [9.17, 15) is 9.59 Å². The predicted molar refractivity (Wildman–Crippen MR) is 76.7 cm³/mol. The number of nitrogens with zero attached hydrogens (tertiary/aromatic N) is 1. The molecule has 2 aromatic rings. The monoisotopic (exact) mass is 285 g/mol. The molecule has 21 heavy (non-hydrogen) atoms. The number of hydrogen-bond acceptors (Lipinski definition) is 3. The highest BCUT2D eigenvalue weighted by atomic mass is 16.4. The molecule has 6 heteroatoms.